The Morgan fingerprint density at radius 1 is 1.22 bits per heavy atom. The third-order valence-corrected chi connectivity index (χ3v) is 5.08. The molecule has 1 aliphatic rings. The molecule has 0 aromatic rings. The molecule has 0 spiro atoms. The lowest BCUT2D eigenvalue weighted by molar-refractivity contribution is -0.137. The number of carbonyl (C=O) groups is 1. The lowest BCUT2D eigenvalue weighted by atomic mass is 9.85. The van der Waals surface area contributed by atoms with Gasteiger partial charge in [-0.25, -0.2) is 4.79 Å². The van der Waals surface area contributed by atoms with Crippen molar-refractivity contribution >= 4 is 5.97 Å². The smallest absolute Gasteiger partial charge is 0.331 e. The maximum Gasteiger partial charge on any atom is 0.331 e. The average molecular weight is 321 g/mol. The monoisotopic (exact) mass is 320 g/mol. The molecule has 0 saturated heterocycles. The van der Waals surface area contributed by atoms with Crippen molar-refractivity contribution in [1.29, 1.82) is 0 Å². The van der Waals surface area contributed by atoms with Crippen LogP contribution in [-0.2, 0) is 9.53 Å². The largest absolute Gasteiger partial charge is 0.463 e. The van der Waals surface area contributed by atoms with E-state index in [-0.39, 0.29) is 5.97 Å². The fourth-order valence-corrected chi connectivity index (χ4v) is 3.32. The zero-order valence-electron chi connectivity index (χ0n) is 15.7. The van der Waals surface area contributed by atoms with Crippen molar-refractivity contribution in [3.05, 3.63) is 23.3 Å². The molecule has 23 heavy (non-hydrogen) atoms. The molecule has 2 atom stereocenters. The minimum absolute atomic E-state index is 0.194. The van der Waals surface area contributed by atoms with E-state index in [4.69, 9.17) is 4.74 Å². The Bertz CT molecular complexity index is 406. The third-order valence-electron chi connectivity index (χ3n) is 5.08. The van der Waals surface area contributed by atoms with Gasteiger partial charge in [-0.05, 0) is 50.0 Å². The second-order valence-electron chi connectivity index (χ2n) is 7.05. The van der Waals surface area contributed by atoms with Gasteiger partial charge >= 0.3 is 5.97 Å². The Morgan fingerprint density at radius 2 is 2.00 bits per heavy atom. The first-order valence-corrected chi connectivity index (χ1v) is 9.65. The molecular formula is C21H36O2. The summed E-state index contributed by atoms with van der Waals surface area (Å²) >= 11 is 0. The van der Waals surface area contributed by atoms with Gasteiger partial charge in [-0.3, -0.25) is 0 Å². The van der Waals surface area contributed by atoms with Crippen LogP contribution in [0.3, 0.4) is 0 Å². The fourth-order valence-electron chi connectivity index (χ4n) is 3.32. The zero-order valence-corrected chi connectivity index (χ0v) is 15.7. The van der Waals surface area contributed by atoms with E-state index in [0.29, 0.717) is 6.61 Å². The number of esters is 1. The Kier molecular flexibility index (Phi) is 9.98. The standard InChI is InChI=1S/C21H36O2/c1-5-17(4)10-8-11-18(6-2)14-19-12-9-13-20(15-19)16-21(22)23-7-3/h15-18H,5-14H2,1-4H3/b20-16+. The molecule has 0 fully saturated rings. The van der Waals surface area contributed by atoms with Gasteiger partial charge in [0.15, 0.2) is 0 Å². The van der Waals surface area contributed by atoms with Crippen molar-refractivity contribution in [2.24, 2.45) is 11.8 Å². The first-order chi connectivity index (χ1) is 11.1. The zero-order chi connectivity index (χ0) is 17.1. The quantitative estimate of drug-likeness (QED) is 0.353. The molecule has 0 N–H and O–H groups in total. The van der Waals surface area contributed by atoms with E-state index in [9.17, 15) is 4.79 Å². The normalized spacial score (nSPS) is 19.3. The highest BCUT2D eigenvalue weighted by molar-refractivity contribution is 5.83. The van der Waals surface area contributed by atoms with Gasteiger partial charge in [0.05, 0.1) is 6.61 Å². The predicted octanol–water partition coefficient (Wildman–Crippen LogP) is 6.22. The van der Waals surface area contributed by atoms with Gasteiger partial charge in [-0.15, -0.1) is 0 Å². The van der Waals surface area contributed by atoms with E-state index in [1.165, 1.54) is 56.9 Å². The van der Waals surface area contributed by atoms with Crippen LogP contribution in [0.25, 0.3) is 0 Å². The number of ether oxygens (including phenoxy) is 1. The van der Waals surface area contributed by atoms with Crippen LogP contribution < -0.4 is 0 Å². The van der Waals surface area contributed by atoms with Gasteiger partial charge in [-0.1, -0.05) is 64.5 Å². The van der Waals surface area contributed by atoms with Crippen molar-refractivity contribution in [3.63, 3.8) is 0 Å². The van der Waals surface area contributed by atoms with Crippen LogP contribution in [0.2, 0.25) is 0 Å². The van der Waals surface area contributed by atoms with Gasteiger partial charge in [-0.2, -0.15) is 0 Å². The highest BCUT2D eigenvalue weighted by Crippen LogP contribution is 2.30. The highest BCUT2D eigenvalue weighted by atomic mass is 16.5. The van der Waals surface area contributed by atoms with Crippen molar-refractivity contribution in [2.75, 3.05) is 6.61 Å². The lowest BCUT2D eigenvalue weighted by Gasteiger charge is -2.21. The first kappa shape index (κ1) is 20.0. The Morgan fingerprint density at radius 3 is 2.65 bits per heavy atom. The van der Waals surface area contributed by atoms with Crippen molar-refractivity contribution < 1.29 is 9.53 Å². The molecule has 2 unspecified atom stereocenters. The summed E-state index contributed by atoms with van der Waals surface area (Å²) in [6.07, 6.45) is 15.1. The van der Waals surface area contributed by atoms with Crippen LogP contribution in [-0.4, -0.2) is 12.6 Å². The molecule has 0 saturated carbocycles. The van der Waals surface area contributed by atoms with E-state index in [1.54, 1.807) is 6.08 Å². The van der Waals surface area contributed by atoms with Crippen LogP contribution in [0.4, 0.5) is 0 Å². The van der Waals surface area contributed by atoms with Crippen molar-refractivity contribution in [1.82, 2.24) is 0 Å². The van der Waals surface area contributed by atoms with Crippen LogP contribution in [0.1, 0.15) is 85.5 Å². The molecule has 0 bridgehead atoms. The minimum atomic E-state index is -0.194. The summed E-state index contributed by atoms with van der Waals surface area (Å²) in [5.74, 6) is 1.47. The summed E-state index contributed by atoms with van der Waals surface area (Å²) in [5.41, 5.74) is 2.68. The third kappa shape index (κ3) is 8.39. The number of allylic oxidation sites excluding steroid dienone is 3. The highest BCUT2D eigenvalue weighted by Gasteiger charge is 2.14. The second kappa shape index (κ2) is 11.5. The number of hydrogen-bond acceptors (Lipinski definition) is 2. The molecule has 132 valence electrons. The molecule has 0 aliphatic heterocycles. The summed E-state index contributed by atoms with van der Waals surface area (Å²) in [5, 5.41) is 0. The van der Waals surface area contributed by atoms with Crippen molar-refractivity contribution in [3.8, 4) is 0 Å². The molecule has 0 amide bonds. The van der Waals surface area contributed by atoms with Gasteiger partial charge in [0, 0.05) is 6.08 Å². The topological polar surface area (TPSA) is 26.3 Å². The Balaban J connectivity index is 2.52. The number of hydrogen-bond donors (Lipinski definition) is 0. The van der Waals surface area contributed by atoms with E-state index in [1.807, 2.05) is 6.92 Å². The maximum absolute atomic E-state index is 11.6. The SMILES string of the molecule is CCOC(=O)/C=C1/C=C(CC(CC)CCCC(C)CC)CCC1. The Hall–Kier alpha value is -1.05. The van der Waals surface area contributed by atoms with Gasteiger partial charge in [0.25, 0.3) is 0 Å². The molecule has 0 heterocycles. The summed E-state index contributed by atoms with van der Waals surface area (Å²) in [6.45, 7) is 9.26. The van der Waals surface area contributed by atoms with Gasteiger partial charge < -0.3 is 4.74 Å². The van der Waals surface area contributed by atoms with E-state index in [0.717, 1.165) is 23.8 Å². The first-order valence-electron chi connectivity index (χ1n) is 9.65. The second-order valence-corrected chi connectivity index (χ2v) is 7.05. The molecule has 0 aromatic carbocycles. The fraction of sp³-hybridized carbons (Fsp3) is 0.762. The average Bonchev–Trinajstić information content (AvgIpc) is 2.54. The predicted molar refractivity (Wildman–Crippen MR) is 98.4 cm³/mol. The Labute approximate surface area is 143 Å². The molecular weight excluding hydrogens is 284 g/mol. The van der Waals surface area contributed by atoms with E-state index < -0.39 is 0 Å². The molecule has 1 rings (SSSR count). The van der Waals surface area contributed by atoms with E-state index in [2.05, 4.69) is 26.8 Å². The van der Waals surface area contributed by atoms with Crippen LogP contribution in [0.15, 0.2) is 23.3 Å². The van der Waals surface area contributed by atoms with E-state index >= 15 is 0 Å². The summed E-state index contributed by atoms with van der Waals surface area (Å²) in [6, 6.07) is 0. The number of carbonyl (C=O) groups excluding carboxylic acids is 1. The van der Waals surface area contributed by atoms with Crippen molar-refractivity contribution in [2.45, 2.75) is 85.5 Å². The molecule has 2 heteroatoms. The van der Waals surface area contributed by atoms with Gasteiger partial charge in [0.2, 0.25) is 0 Å². The lowest BCUT2D eigenvalue weighted by Crippen LogP contribution is -2.06. The van der Waals surface area contributed by atoms with Crippen LogP contribution in [0, 0.1) is 11.8 Å². The van der Waals surface area contributed by atoms with Crippen LogP contribution in [0.5, 0.6) is 0 Å². The molecule has 1 aliphatic carbocycles. The minimum Gasteiger partial charge on any atom is -0.463 e. The van der Waals surface area contributed by atoms with Gasteiger partial charge in [0.1, 0.15) is 0 Å². The maximum atomic E-state index is 11.6. The molecule has 0 aromatic heterocycles. The molecule has 0 radical (unpaired) electrons. The molecule has 2 nitrogen and oxygen atoms in total. The summed E-state index contributed by atoms with van der Waals surface area (Å²) in [7, 11) is 0. The summed E-state index contributed by atoms with van der Waals surface area (Å²) < 4.78 is 5.02. The number of rotatable bonds is 10. The summed E-state index contributed by atoms with van der Waals surface area (Å²) in [4.78, 5) is 11.6. The van der Waals surface area contributed by atoms with Crippen LogP contribution >= 0.6 is 0 Å².